The Morgan fingerprint density at radius 2 is 2.16 bits per heavy atom. The molecule has 1 aliphatic heterocycles. The molecule has 19 heavy (non-hydrogen) atoms. The fourth-order valence-electron chi connectivity index (χ4n) is 2.26. The highest BCUT2D eigenvalue weighted by Crippen LogP contribution is 2.35. The number of rotatable bonds is 3. The van der Waals surface area contributed by atoms with Gasteiger partial charge in [-0.3, -0.25) is 0 Å². The lowest BCUT2D eigenvalue weighted by Crippen LogP contribution is -2.11. The van der Waals surface area contributed by atoms with E-state index in [0.29, 0.717) is 13.2 Å². The van der Waals surface area contributed by atoms with E-state index >= 15 is 0 Å². The van der Waals surface area contributed by atoms with Gasteiger partial charge in [0.1, 0.15) is 17.9 Å². The monoisotopic (exact) mass is 257 g/mol. The number of benzene rings is 1. The first-order valence-corrected chi connectivity index (χ1v) is 6.31. The fraction of sp³-hybridized carbons (Fsp3) is 0.286. The number of ether oxygens (including phenoxy) is 1. The summed E-state index contributed by atoms with van der Waals surface area (Å²) in [5.74, 6) is 1.63. The van der Waals surface area contributed by atoms with Crippen LogP contribution in [-0.2, 0) is 6.42 Å². The highest BCUT2D eigenvalue weighted by atomic mass is 16.5. The molecule has 3 rings (SSSR count). The van der Waals surface area contributed by atoms with Crippen molar-refractivity contribution in [3.63, 3.8) is 0 Å². The van der Waals surface area contributed by atoms with Crippen LogP contribution in [-0.4, -0.2) is 34.8 Å². The van der Waals surface area contributed by atoms with E-state index in [1.165, 1.54) is 0 Å². The summed E-state index contributed by atoms with van der Waals surface area (Å²) in [5, 5.41) is 12.0. The SMILES string of the molecule is OCCNc1ncnc2c1CCOc1ccccc1-2. The maximum absolute atomic E-state index is 8.91. The Morgan fingerprint density at radius 1 is 1.26 bits per heavy atom. The molecular weight excluding hydrogens is 242 g/mol. The largest absolute Gasteiger partial charge is 0.493 e. The van der Waals surface area contributed by atoms with Gasteiger partial charge in [-0.2, -0.15) is 0 Å². The minimum atomic E-state index is 0.0753. The second kappa shape index (κ2) is 5.24. The van der Waals surface area contributed by atoms with Gasteiger partial charge in [0.2, 0.25) is 0 Å². The van der Waals surface area contributed by atoms with Gasteiger partial charge in [0.15, 0.2) is 0 Å². The molecule has 1 aliphatic rings. The highest BCUT2D eigenvalue weighted by molar-refractivity contribution is 5.74. The Labute approximate surface area is 111 Å². The lowest BCUT2D eigenvalue weighted by molar-refractivity contribution is 0.310. The molecule has 0 radical (unpaired) electrons. The zero-order valence-electron chi connectivity index (χ0n) is 10.5. The summed E-state index contributed by atoms with van der Waals surface area (Å²) in [7, 11) is 0. The van der Waals surface area contributed by atoms with Crippen LogP contribution < -0.4 is 10.1 Å². The van der Waals surface area contributed by atoms with Crippen LogP contribution in [0.25, 0.3) is 11.3 Å². The molecule has 0 saturated heterocycles. The van der Waals surface area contributed by atoms with Crippen molar-refractivity contribution in [1.29, 1.82) is 0 Å². The summed E-state index contributed by atoms with van der Waals surface area (Å²) < 4.78 is 5.75. The minimum absolute atomic E-state index is 0.0753. The molecule has 5 nitrogen and oxygen atoms in total. The van der Waals surface area contributed by atoms with Crippen molar-refractivity contribution in [2.45, 2.75) is 6.42 Å². The van der Waals surface area contributed by atoms with E-state index in [-0.39, 0.29) is 6.61 Å². The maximum Gasteiger partial charge on any atom is 0.133 e. The quantitative estimate of drug-likeness (QED) is 0.871. The number of anilines is 1. The molecule has 5 heteroatoms. The summed E-state index contributed by atoms with van der Waals surface area (Å²) in [5.41, 5.74) is 2.94. The number of aliphatic hydroxyl groups is 1. The standard InChI is InChI=1S/C14H15N3O2/c18-7-6-15-14-11-5-8-19-12-4-2-1-3-10(12)13(11)16-9-17-14/h1-4,9,18H,5-8H2,(H,15,16,17). The van der Waals surface area contributed by atoms with Crippen molar-refractivity contribution in [3.05, 3.63) is 36.2 Å². The van der Waals surface area contributed by atoms with Gasteiger partial charge in [-0.25, -0.2) is 9.97 Å². The molecule has 0 aliphatic carbocycles. The molecule has 1 aromatic carbocycles. The van der Waals surface area contributed by atoms with Gasteiger partial charge in [-0.1, -0.05) is 12.1 Å². The molecule has 2 heterocycles. The Morgan fingerprint density at radius 3 is 3.05 bits per heavy atom. The Bertz CT molecular complexity index is 587. The lowest BCUT2D eigenvalue weighted by Gasteiger charge is -2.11. The van der Waals surface area contributed by atoms with E-state index in [2.05, 4.69) is 15.3 Å². The average Bonchev–Trinajstić information content (AvgIpc) is 2.65. The molecular formula is C14H15N3O2. The molecule has 0 fully saturated rings. The van der Waals surface area contributed by atoms with E-state index in [9.17, 15) is 0 Å². The smallest absolute Gasteiger partial charge is 0.133 e. The van der Waals surface area contributed by atoms with E-state index in [1.54, 1.807) is 6.33 Å². The maximum atomic E-state index is 8.91. The molecule has 0 saturated carbocycles. The first-order chi connectivity index (χ1) is 9.40. The molecule has 0 atom stereocenters. The van der Waals surface area contributed by atoms with Crippen molar-refractivity contribution < 1.29 is 9.84 Å². The average molecular weight is 257 g/mol. The fourth-order valence-corrected chi connectivity index (χ4v) is 2.26. The van der Waals surface area contributed by atoms with Crippen LogP contribution in [0.15, 0.2) is 30.6 Å². The zero-order valence-corrected chi connectivity index (χ0v) is 10.5. The molecule has 0 amide bonds. The lowest BCUT2D eigenvalue weighted by atomic mass is 10.0. The van der Waals surface area contributed by atoms with Crippen LogP contribution in [0.3, 0.4) is 0 Å². The van der Waals surface area contributed by atoms with Crippen LogP contribution in [0.5, 0.6) is 5.75 Å². The number of fused-ring (bicyclic) bond motifs is 3. The summed E-state index contributed by atoms with van der Waals surface area (Å²) in [4.78, 5) is 8.65. The number of nitrogens with zero attached hydrogens (tertiary/aromatic N) is 2. The van der Waals surface area contributed by atoms with Gasteiger partial charge < -0.3 is 15.2 Å². The Balaban J connectivity index is 2.09. The second-order valence-electron chi connectivity index (χ2n) is 4.29. The highest BCUT2D eigenvalue weighted by Gasteiger charge is 2.19. The van der Waals surface area contributed by atoms with Crippen molar-refractivity contribution in [1.82, 2.24) is 9.97 Å². The van der Waals surface area contributed by atoms with Crippen LogP contribution >= 0.6 is 0 Å². The molecule has 0 bridgehead atoms. The van der Waals surface area contributed by atoms with Crippen molar-refractivity contribution in [2.75, 3.05) is 25.1 Å². The first kappa shape index (κ1) is 11.9. The van der Waals surface area contributed by atoms with Crippen LogP contribution in [0.4, 0.5) is 5.82 Å². The van der Waals surface area contributed by atoms with E-state index < -0.39 is 0 Å². The van der Waals surface area contributed by atoms with E-state index in [4.69, 9.17) is 9.84 Å². The zero-order chi connectivity index (χ0) is 13.1. The van der Waals surface area contributed by atoms with Crippen LogP contribution in [0.2, 0.25) is 0 Å². The molecule has 1 aromatic heterocycles. The Kier molecular flexibility index (Phi) is 3.29. The first-order valence-electron chi connectivity index (χ1n) is 6.31. The van der Waals surface area contributed by atoms with Crippen LogP contribution in [0.1, 0.15) is 5.56 Å². The van der Waals surface area contributed by atoms with Gasteiger partial charge in [-0.05, 0) is 12.1 Å². The number of nitrogens with one attached hydrogen (secondary N) is 1. The molecule has 0 unspecified atom stereocenters. The molecule has 0 spiro atoms. The van der Waals surface area contributed by atoms with Gasteiger partial charge in [0.05, 0.1) is 18.9 Å². The van der Waals surface area contributed by atoms with E-state index in [1.807, 2.05) is 24.3 Å². The Hall–Kier alpha value is -2.14. The van der Waals surface area contributed by atoms with Gasteiger partial charge >= 0.3 is 0 Å². The number of hydrogen-bond acceptors (Lipinski definition) is 5. The second-order valence-corrected chi connectivity index (χ2v) is 4.29. The third-order valence-corrected chi connectivity index (χ3v) is 3.10. The molecule has 2 N–H and O–H groups in total. The van der Waals surface area contributed by atoms with Gasteiger partial charge in [0.25, 0.3) is 0 Å². The van der Waals surface area contributed by atoms with E-state index in [0.717, 1.165) is 34.8 Å². The third kappa shape index (κ3) is 2.24. The summed E-state index contributed by atoms with van der Waals surface area (Å²) >= 11 is 0. The summed E-state index contributed by atoms with van der Waals surface area (Å²) in [6.45, 7) is 1.16. The number of aliphatic hydroxyl groups excluding tert-OH is 1. The topological polar surface area (TPSA) is 67.3 Å². The number of aromatic nitrogens is 2. The summed E-state index contributed by atoms with van der Waals surface area (Å²) in [6.07, 6.45) is 2.29. The van der Waals surface area contributed by atoms with Crippen LogP contribution in [0, 0.1) is 0 Å². The van der Waals surface area contributed by atoms with Crippen molar-refractivity contribution >= 4 is 5.82 Å². The molecule has 2 aromatic rings. The third-order valence-electron chi connectivity index (χ3n) is 3.10. The predicted octanol–water partition coefficient (Wildman–Crippen LogP) is 1.48. The number of para-hydroxylation sites is 1. The van der Waals surface area contributed by atoms with Crippen molar-refractivity contribution in [2.24, 2.45) is 0 Å². The minimum Gasteiger partial charge on any atom is -0.493 e. The molecule has 98 valence electrons. The summed E-state index contributed by atoms with van der Waals surface area (Å²) in [6, 6.07) is 7.88. The van der Waals surface area contributed by atoms with Gasteiger partial charge in [0, 0.05) is 24.1 Å². The normalized spacial score (nSPS) is 12.9. The van der Waals surface area contributed by atoms with Gasteiger partial charge in [-0.15, -0.1) is 0 Å². The number of hydrogen-bond donors (Lipinski definition) is 2. The van der Waals surface area contributed by atoms with Crippen molar-refractivity contribution in [3.8, 4) is 17.0 Å². The predicted molar refractivity (Wildman–Crippen MR) is 72.2 cm³/mol.